The van der Waals surface area contributed by atoms with Crippen LogP contribution < -0.4 is 44.7 Å². The molecule has 1 fully saturated rings. The fourth-order valence-corrected chi connectivity index (χ4v) is 4.00. The van der Waals surface area contributed by atoms with E-state index in [0.29, 0.717) is 17.8 Å². The van der Waals surface area contributed by atoms with Crippen LogP contribution in [0.2, 0.25) is 0 Å². The summed E-state index contributed by atoms with van der Waals surface area (Å²) in [5.41, 5.74) is 0.270. The first-order valence-corrected chi connectivity index (χ1v) is 7.99. The third-order valence-corrected chi connectivity index (χ3v) is 5.01. The maximum Gasteiger partial charge on any atom is 1.00 e. The van der Waals surface area contributed by atoms with Gasteiger partial charge in [-0.3, -0.25) is 14.5 Å². The smallest absolute Gasteiger partial charge is 0.543 e. The van der Waals surface area contributed by atoms with Crippen molar-refractivity contribution in [2.24, 2.45) is 5.92 Å². The van der Waals surface area contributed by atoms with Gasteiger partial charge in [-0.15, -0.1) is 0 Å². The molecule has 2 heterocycles. The molecular weight excluding hydrogens is 359 g/mol. The molecule has 126 valence electrons. The number of carbonyl (C=O) groups is 3. The fourth-order valence-electron chi connectivity index (χ4n) is 2.61. The zero-order valence-corrected chi connectivity index (χ0v) is 16.1. The number of anilines is 1. The van der Waals surface area contributed by atoms with Gasteiger partial charge in [-0.25, -0.2) is 0 Å². The average Bonchev–Trinajstić information content (AvgIpc) is 2.90. The number of carboxylic acids is 1. The number of amides is 2. The van der Waals surface area contributed by atoms with Crippen molar-refractivity contribution in [1.82, 2.24) is 4.90 Å². The van der Waals surface area contributed by atoms with Crippen LogP contribution in [0.4, 0.5) is 5.69 Å². The number of thioether (sulfide) groups is 1. The number of hydrogen-bond acceptors (Lipinski definition) is 7. The van der Waals surface area contributed by atoms with Crippen LogP contribution in [0.5, 0.6) is 5.75 Å². The number of carbonyl (C=O) groups excluding carboxylic acids is 3. The van der Waals surface area contributed by atoms with E-state index in [4.69, 9.17) is 9.84 Å². The Labute approximate surface area is 169 Å². The van der Waals surface area contributed by atoms with Crippen LogP contribution in [0.15, 0.2) is 35.1 Å². The summed E-state index contributed by atoms with van der Waals surface area (Å²) >= 11 is 1.12. The first-order chi connectivity index (χ1) is 11.6. The Morgan fingerprint density at radius 3 is 2.64 bits per heavy atom. The van der Waals surface area contributed by atoms with E-state index in [1.807, 2.05) is 0 Å². The molecule has 10 heteroatoms. The average molecular weight is 372 g/mol. The van der Waals surface area contributed by atoms with Gasteiger partial charge in [0.15, 0.2) is 5.09 Å². The first kappa shape index (κ1) is 19.8. The number of ether oxygens (including phenoxy) is 1. The van der Waals surface area contributed by atoms with E-state index in [1.165, 1.54) is 0 Å². The van der Waals surface area contributed by atoms with Gasteiger partial charge in [-0.1, -0.05) is 11.8 Å². The zero-order valence-electron chi connectivity index (χ0n) is 13.3. The van der Waals surface area contributed by atoms with E-state index >= 15 is 0 Å². The summed E-state index contributed by atoms with van der Waals surface area (Å²) in [6.45, 7) is -0.149. The van der Waals surface area contributed by atoms with E-state index in [-0.39, 0.29) is 59.3 Å². The molecule has 1 aromatic carbocycles. The van der Waals surface area contributed by atoms with Crippen LogP contribution in [-0.4, -0.2) is 40.3 Å². The maximum atomic E-state index is 12.0. The largest absolute Gasteiger partial charge is 1.00 e. The van der Waals surface area contributed by atoms with E-state index in [1.54, 1.807) is 24.3 Å². The summed E-state index contributed by atoms with van der Waals surface area (Å²) in [5, 5.41) is 22.5. The van der Waals surface area contributed by atoms with Crippen molar-refractivity contribution in [3.8, 4) is 5.75 Å². The van der Waals surface area contributed by atoms with Gasteiger partial charge >= 0.3 is 29.6 Å². The molecule has 8 nitrogen and oxygen atoms in total. The van der Waals surface area contributed by atoms with Gasteiger partial charge in [-0.2, -0.15) is 0 Å². The Kier molecular flexibility index (Phi) is 6.53. The summed E-state index contributed by atoms with van der Waals surface area (Å²) in [7, 11) is 0. The van der Waals surface area contributed by atoms with Crippen molar-refractivity contribution in [2.75, 3.05) is 11.9 Å². The number of benzene rings is 1. The van der Waals surface area contributed by atoms with Crippen LogP contribution in [0, 0.1) is 5.92 Å². The molecule has 1 aromatic rings. The Morgan fingerprint density at radius 2 is 2.08 bits per heavy atom. The minimum atomic E-state index is -1.49. The maximum absolute atomic E-state index is 12.0. The molecule has 0 bridgehead atoms. The molecule has 3 rings (SSSR count). The van der Waals surface area contributed by atoms with Crippen molar-refractivity contribution in [1.29, 1.82) is 0 Å². The number of nitrogens with zero attached hydrogens (tertiary/aromatic N) is 1. The number of nitrogens with one attached hydrogen (secondary N) is 1. The topological polar surface area (TPSA) is 119 Å². The Balaban J connectivity index is 0.00000225. The number of aliphatic hydroxyl groups is 1. The summed E-state index contributed by atoms with van der Waals surface area (Å²) in [4.78, 5) is 34.9. The van der Waals surface area contributed by atoms with Gasteiger partial charge in [0.1, 0.15) is 16.8 Å². The molecule has 2 N–H and O–H groups in total. The second kappa shape index (κ2) is 8.24. The summed E-state index contributed by atoms with van der Waals surface area (Å²) in [6.07, 6.45) is 0.809. The number of rotatable bonds is 7. The van der Waals surface area contributed by atoms with E-state index in [2.05, 4.69) is 5.32 Å². The van der Waals surface area contributed by atoms with E-state index < -0.39 is 17.3 Å². The van der Waals surface area contributed by atoms with Gasteiger partial charge in [-0.05, 0) is 30.7 Å². The third-order valence-electron chi connectivity index (χ3n) is 3.74. The van der Waals surface area contributed by atoms with Gasteiger partial charge in [0.2, 0.25) is 12.3 Å². The first-order valence-electron chi connectivity index (χ1n) is 7.11. The Hall–Kier alpha value is -1.52. The monoisotopic (exact) mass is 372 g/mol. The third kappa shape index (κ3) is 3.70. The number of aliphatic carboxylic acids is 1. The van der Waals surface area contributed by atoms with E-state index in [0.717, 1.165) is 16.7 Å². The molecular formula is C15H13N2NaO6S. The molecule has 0 aliphatic carbocycles. The van der Waals surface area contributed by atoms with Crippen molar-refractivity contribution >= 4 is 35.7 Å². The molecule has 0 aromatic heterocycles. The molecule has 2 atom stereocenters. The molecule has 0 unspecified atom stereocenters. The van der Waals surface area contributed by atoms with Gasteiger partial charge in [0.05, 0.1) is 11.9 Å². The van der Waals surface area contributed by atoms with Crippen molar-refractivity contribution < 1.29 is 58.9 Å². The van der Waals surface area contributed by atoms with Crippen LogP contribution in [0.1, 0.15) is 6.42 Å². The minimum absolute atomic E-state index is 0. The molecule has 2 aliphatic heterocycles. The SMILES string of the molecule is O=CNc1ccc(OC2=C(C(=O)[O-])N3C(=O)[C@H](CCO)[C@H]3S2)cc1.[Na+]. The van der Waals surface area contributed by atoms with E-state index in [9.17, 15) is 19.5 Å². The molecule has 2 aliphatic rings. The van der Waals surface area contributed by atoms with Crippen LogP contribution in [0.25, 0.3) is 0 Å². The van der Waals surface area contributed by atoms with Crippen LogP contribution in [0.3, 0.4) is 0 Å². The molecule has 25 heavy (non-hydrogen) atoms. The van der Waals surface area contributed by atoms with Gasteiger partial charge in [0.25, 0.3) is 0 Å². The minimum Gasteiger partial charge on any atom is -0.543 e. The van der Waals surface area contributed by atoms with Crippen LogP contribution in [-0.2, 0) is 14.4 Å². The number of hydrogen-bond donors (Lipinski definition) is 2. The standard InChI is InChI=1S/C15H14N2O6S.Na/c18-6-5-10-12(20)17-11(14(21)22)15(24-13(10)17)23-9-3-1-8(2-4-9)16-7-19;/h1-4,7,10,13,18H,5-6H2,(H,16,19)(H,21,22);/q;+1/p-1/t10-,13+;/m0./s1. The zero-order chi connectivity index (χ0) is 17.3. The molecule has 0 saturated carbocycles. The number of β-lactam (4-membered cyclic amide) rings is 1. The molecule has 0 spiro atoms. The van der Waals surface area contributed by atoms with Crippen molar-refractivity contribution in [3.05, 3.63) is 35.1 Å². The normalized spacial score (nSPS) is 21.2. The molecule has 0 radical (unpaired) electrons. The van der Waals surface area contributed by atoms with Crippen LogP contribution >= 0.6 is 11.8 Å². The van der Waals surface area contributed by atoms with Crippen molar-refractivity contribution in [3.63, 3.8) is 0 Å². The van der Waals surface area contributed by atoms with Gasteiger partial charge in [0, 0.05) is 12.3 Å². The van der Waals surface area contributed by atoms with Crippen molar-refractivity contribution in [2.45, 2.75) is 11.8 Å². The second-order valence-corrected chi connectivity index (χ2v) is 6.24. The number of fused-ring (bicyclic) bond motifs is 1. The number of aliphatic hydroxyl groups excluding tert-OH is 1. The summed E-state index contributed by atoms with van der Waals surface area (Å²) in [5.74, 6) is -1.92. The summed E-state index contributed by atoms with van der Waals surface area (Å²) in [6, 6.07) is 6.32. The summed E-state index contributed by atoms with van der Waals surface area (Å²) < 4.78 is 5.59. The Morgan fingerprint density at radius 1 is 1.40 bits per heavy atom. The van der Waals surface area contributed by atoms with Gasteiger partial charge < -0.3 is 25.1 Å². The second-order valence-electron chi connectivity index (χ2n) is 5.15. The molecule has 1 saturated heterocycles. The predicted octanol–water partition coefficient (Wildman–Crippen LogP) is -3.53. The Bertz CT molecular complexity index is 723. The molecule has 2 amide bonds. The number of carboxylic acid groups (broad SMARTS) is 1. The fraction of sp³-hybridized carbons (Fsp3) is 0.267. The predicted molar refractivity (Wildman–Crippen MR) is 82.2 cm³/mol. The quantitative estimate of drug-likeness (QED) is 0.289.